The van der Waals surface area contributed by atoms with Gasteiger partial charge >= 0.3 is 5.97 Å². The van der Waals surface area contributed by atoms with E-state index >= 15 is 0 Å². The Bertz CT molecular complexity index is 552. The number of anilines is 1. The fourth-order valence-corrected chi connectivity index (χ4v) is 2.88. The first-order chi connectivity index (χ1) is 9.52. The summed E-state index contributed by atoms with van der Waals surface area (Å²) in [4.78, 5) is 13.6. The van der Waals surface area contributed by atoms with Gasteiger partial charge in [-0.25, -0.2) is 0 Å². The van der Waals surface area contributed by atoms with Crippen molar-refractivity contribution in [2.45, 2.75) is 33.1 Å². The fourth-order valence-electron chi connectivity index (χ4n) is 2.88. The molecule has 0 aliphatic carbocycles. The molecule has 1 aromatic carbocycles. The number of carboxylic acid groups (broad SMARTS) is 1. The number of rotatable bonds is 3. The van der Waals surface area contributed by atoms with Crippen LogP contribution in [0.2, 0.25) is 0 Å². The Hall–Kier alpha value is -2.02. The third-order valence-electron chi connectivity index (χ3n) is 4.55. The number of hydrogen-bond acceptors (Lipinski definition) is 3. The molecule has 20 heavy (non-hydrogen) atoms. The standard InChI is InChI=1S/C16H20N2O2/c1-3-16(15(19)20)6-8-18(9-7-16)14-5-4-13(11-17)12(2)10-14/h4-5,10H,3,6-9H2,1-2H3,(H,19,20). The topological polar surface area (TPSA) is 64.3 Å². The van der Waals surface area contributed by atoms with E-state index in [2.05, 4.69) is 11.0 Å². The van der Waals surface area contributed by atoms with Gasteiger partial charge in [-0.1, -0.05) is 6.92 Å². The maximum absolute atomic E-state index is 11.4. The molecule has 0 bridgehead atoms. The average Bonchev–Trinajstić information content (AvgIpc) is 2.47. The zero-order valence-corrected chi connectivity index (χ0v) is 12.0. The molecule has 1 aromatic rings. The van der Waals surface area contributed by atoms with Crippen molar-refractivity contribution >= 4 is 11.7 Å². The summed E-state index contributed by atoms with van der Waals surface area (Å²) in [5, 5.41) is 18.4. The first kappa shape index (κ1) is 14.4. The number of carboxylic acids is 1. The summed E-state index contributed by atoms with van der Waals surface area (Å²) in [5.74, 6) is -0.671. The summed E-state index contributed by atoms with van der Waals surface area (Å²) in [5.41, 5.74) is 2.18. The number of piperidine rings is 1. The van der Waals surface area contributed by atoms with E-state index in [-0.39, 0.29) is 0 Å². The zero-order valence-electron chi connectivity index (χ0n) is 12.0. The number of nitrogens with zero attached hydrogens (tertiary/aromatic N) is 2. The van der Waals surface area contributed by atoms with Gasteiger partial charge in [0.05, 0.1) is 17.0 Å². The highest BCUT2D eigenvalue weighted by molar-refractivity contribution is 5.75. The van der Waals surface area contributed by atoms with Crippen LogP contribution in [0.25, 0.3) is 0 Å². The molecule has 1 heterocycles. The SMILES string of the molecule is CCC1(C(=O)O)CCN(c2ccc(C#N)c(C)c2)CC1. The molecule has 0 amide bonds. The molecule has 0 saturated carbocycles. The molecule has 1 aliphatic heterocycles. The lowest BCUT2D eigenvalue weighted by molar-refractivity contribution is -0.150. The molecule has 2 rings (SSSR count). The second-order valence-electron chi connectivity index (χ2n) is 5.54. The molecule has 1 N–H and O–H groups in total. The highest BCUT2D eigenvalue weighted by Gasteiger charge is 2.39. The predicted molar refractivity (Wildman–Crippen MR) is 77.7 cm³/mol. The van der Waals surface area contributed by atoms with E-state index in [0.717, 1.165) is 24.3 Å². The normalized spacial score (nSPS) is 17.6. The Labute approximate surface area is 119 Å². The Balaban J connectivity index is 2.13. The Morgan fingerprint density at radius 3 is 2.55 bits per heavy atom. The second-order valence-corrected chi connectivity index (χ2v) is 5.54. The number of hydrogen-bond donors (Lipinski definition) is 1. The summed E-state index contributed by atoms with van der Waals surface area (Å²) in [6.45, 7) is 5.40. The van der Waals surface area contributed by atoms with Gasteiger partial charge in [-0.3, -0.25) is 4.79 Å². The first-order valence-corrected chi connectivity index (χ1v) is 7.01. The molecule has 1 aliphatic rings. The summed E-state index contributed by atoms with van der Waals surface area (Å²) >= 11 is 0. The van der Waals surface area contributed by atoms with E-state index in [9.17, 15) is 9.90 Å². The molecule has 0 radical (unpaired) electrons. The van der Waals surface area contributed by atoms with Crippen molar-refractivity contribution in [2.24, 2.45) is 5.41 Å². The van der Waals surface area contributed by atoms with Crippen LogP contribution < -0.4 is 4.90 Å². The smallest absolute Gasteiger partial charge is 0.309 e. The van der Waals surface area contributed by atoms with Crippen molar-refractivity contribution in [1.82, 2.24) is 0 Å². The second kappa shape index (κ2) is 5.54. The summed E-state index contributed by atoms with van der Waals surface area (Å²) in [6.07, 6.45) is 2.04. The van der Waals surface area contributed by atoms with Gasteiger partial charge in [0.25, 0.3) is 0 Å². The van der Waals surface area contributed by atoms with Crippen LogP contribution >= 0.6 is 0 Å². The quantitative estimate of drug-likeness (QED) is 0.918. The van der Waals surface area contributed by atoms with Gasteiger partial charge in [0.1, 0.15) is 0 Å². The monoisotopic (exact) mass is 272 g/mol. The highest BCUT2D eigenvalue weighted by atomic mass is 16.4. The number of aliphatic carboxylic acids is 1. The van der Waals surface area contributed by atoms with Crippen LogP contribution in [0.3, 0.4) is 0 Å². The predicted octanol–water partition coefficient (Wildman–Crippen LogP) is 2.95. The van der Waals surface area contributed by atoms with Crippen LogP contribution in [0.4, 0.5) is 5.69 Å². The Kier molecular flexibility index (Phi) is 3.99. The number of aryl methyl sites for hydroxylation is 1. The minimum atomic E-state index is -0.671. The summed E-state index contributed by atoms with van der Waals surface area (Å²) in [6, 6.07) is 7.96. The van der Waals surface area contributed by atoms with Crippen molar-refractivity contribution < 1.29 is 9.90 Å². The van der Waals surface area contributed by atoms with Crippen molar-refractivity contribution in [2.75, 3.05) is 18.0 Å². The van der Waals surface area contributed by atoms with Gasteiger partial charge in [-0.2, -0.15) is 5.26 Å². The van der Waals surface area contributed by atoms with E-state index in [0.29, 0.717) is 24.8 Å². The third-order valence-corrected chi connectivity index (χ3v) is 4.55. The Morgan fingerprint density at radius 2 is 2.10 bits per heavy atom. The van der Waals surface area contributed by atoms with Crippen LogP contribution in [-0.2, 0) is 4.79 Å². The number of nitriles is 1. The van der Waals surface area contributed by atoms with Crippen molar-refractivity contribution in [1.29, 1.82) is 5.26 Å². The maximum Gasteiger partial charge on any atom is 0.309 e. The molecular weight excluding hydrogens is 252 g/mol. The lowest BCUT2D eigenvalue weighted by Crippen LogP contribution is -2.44. The molecule has 0 spiro atoms. The van der Waals surface area contributed by atoms with E-state index in [1.165, 1.54) is 0 Å². The Morgan fingerprint density at radius 1 is 1.45 bits per heavy atom. The molecule has 0 atom stereocenters. The number of carbonyl (C=O) groups is 1. The van der Waals surface area contributed by atoms with Gasteiger partial charge in [-0.05, 0) is 49.9 Å². The van der Waals surface area contributed by atoms with E-state index < -0.39 is 11.4 Å². The van der Waals surface area contributed by atoms with Crippen LogP contribution in [0.1, 0.15) is 37.3 Å². The molecule has 0 unspecified atom stereocenters. The van der Waals surface area contributed by atoms with Gasteiger partial charge in [0, 0.05) is 18.8 Å². The van der Waals surface area contributed by atoms with Gasteiger partial charge in [0.15, 0.2) is 0 Å². The zero-order chi connectivity index (χ0) is 14.8. The third kappa shape index (κ3) is 2.49. The van der Waals surface area contributed by atoms with Gasteiger partial charge < -0.3 is 10.0 Å². The van der Waals surface area contributed by atoms with E-state index in [1.54, 1.807) is 0 Å². The van der Waals surface area contributed by atoms with Crippen molar-refractivity contribution in [3.8, 4) is 6.07 Å². The molecule has 106 valence electrons. The molecule has 4 nitrogen and oxygen atoms in total. The minimum Gasteiger partial charge on any atom is -0.481 e. The van der Waals surface area contributed by atoms with Crippen LogP contribution in [0.5, 0.6) is 0 Å². The maximum atomic E-state index is 11.4. The highest BCUT2D eigenvalue weighted by Crippen LogP contribution is 2.36. The lowest BCUT2D eigenvalue weighted by Gasteiger charge is -2.39. The molecule has 0 aromatic heterocycles. The minimum absolute atomic E-state index is 0.557. The van der Waals surface area contributed by atoms with Crippen molar-refractivity contribution in [3.63, 3.8) is 0 Å². The number of benzene rings is 1. The van der Waals surface area contributed by atoms with E-state index in [1.807, 2.05) is 32.0 Å². The summed E-state index contributed by atoms with van der Waals surface area (Å²) in [7, 11) is 0. The molecule has 1 fully saturated rings. The molecule has 4 heteroatoms. The summed E-state index contributed by atoms with van der Waals surface area (Å²) < 4.78 is 0. The van der Waals surface area contributed by atoms with Crippen molar-refractivity contribution in [3.05, 3.63) is 29.3 Å². The van der Waals surface area contributed by atoms with Crippen LogP contribution in [0, 0.1) is 23.7 Å². The van der Waals surface area contributed by atoms with Gasteiger partial charge in [-0.15, -0.1) is 0 Å². The molecular formula is C16H20N2O2. The lowest BCUT2D eigenvalue weighted by atomic mass is 9.76. The van der Waals surface area contributed by atoms with E-state index in [4.69, 9.17) is 5.26 Å². The largest absolute Gasteiger partial charge is 0.481 e. The van der Waals surface area contributed by atoms with Crippen LogP contribution in [-0.4, -0.2) is 24.2 Å². The fraction of sp³-hybridized carbons (Fsp3) is 0.500. The molecule has 1 saturated heterocycles. The van der Waals surface area contributed by atoms with Crippen LogP contribution in [0.15, 0.2) is 18.2 Å². The average molecular weight is 272 g/mol. The van der Waals surface area contributed by atoms with Gasteiger partial charge in [0.2, 0.25) is 0 Å². The first-order valence-electron chi connectivity index (χ1n) is 7.01.